The number of hydrogen-bond acceptors (Lipinski definition) is 7. The number of rotatable bonds is 12. The van der Waals surface area contributed by atoms with Gasteiger partial charge in [0.1, 0.15) is 18.0 Å². The fraction of sp³-hybridized carbons (Fsp3) is 0.472. The van der Waals surface area contributed by atoms with Gasteiger partial charge < -0.3 is 33.7 Å². The maximum atomic E-state index is 12.4. The lowest BCUT2D eigenvalue weighted by molar-refractivity contribution is -0.123. The van der Waals surface area contributed by atoms with Crippen LogP contribution >= 0.6 is 0 Å². The first kappa shape index (κ1) is 38.2. The lowest BCUT2D eigenvalue weighted by Crippen LogP contribution is -2.41. The molecule has 1 aliphatic heterocycles. The predicted octanol–water partition coefficient (Wildman–Crippen LogP) is 6.88. The molecule has 0 spiro atoms. The van der Waals surface area contributed by atoms with E-state index in [-0.39, 0.29) is 25.6 Å². The molecule has 2 aromatic rings. The van der Waals surface area contributed by atoms with Crippen molar-refractivity contribution < 1.29 is 38.3 Å². The minimum absolute atomic E-state index is 0.0656. The Morgan fingerprint density at radius 2 is 1.48 bits per heavy atom. The molecule has 0 bridgehead atoms. The normalized spacial score (nSPS) is 15.9. The quantitative estimate of drug-likeness (QED) is 0.186. The number of amides is 3. The Labute approximate surface area is 285 Å². The van der Waals surface area contributed by atoms with Crippen LogP contribution in [0.3, 0.4) is 0 Å². The average Bonchev–Trinajstić information content (AvgIpc) is 3.20. The zero-order valence-electron chi connectivity index (χ0n) is 29.9. The Morgan fingerprint density at radius 3 is 1.96 bits per heavy atom. The van der Waals surface area contributed by atoms with Gasteiger partial charge in [0.15, 0.2) is 0 Å². The number of hydrogen-bond donors (Lipinski definition) is 2. The topological polar surface area (TPSA) is 127 Å². The average molecular weight is 664 g/mol. The highest BCUT2D eigenvalue weighted by Crippen LogP contribution is 2.42. The Kier molecular flexibility index (Phi) is 12.5. The highest BCUT2D eigenvalue weighted by Gasteiger charge is 2.52. The number of allylic oxidation sites excluding steroid dienone is 1. The van der Waals surface area contributed by atoms with E-state index in [2.05, 4.69) is 12.2 Å². The van der Waals surface area contributed by atoms with Crippen LogP contribution in [0.4, 0.5) is 15.3 Å². The first-order chi connectivity index (χ1) is 22.3. The van der Waals surface area contributed by atoms with E-state index >= 15 is 0 Å². The minimum Gasteiger partial charge on any atom is -0.492 e. The summed E-state index contributed by atoms with van der Waals surface area (Å²) in [6, 6.07) is 15.1. The largest absolute Gasteiger partial charge is 0.492 e. The van der Waals surface area contributed by atoms with Gasteiger partial charge in [0.2, 0.25) is 5.91 Å². The number of anilines is 1. The summed E-state index contributed by atoms with van der Waals surface area (Å²) in [5.41, 5.74) is 2.64. The van der Waals surface area contributed by atoms with Crippen LogP contribution in [0.15, 0.2) is 66.2 Å². The highest BCUT2D eigenvalue weighted by molar-refractivity contribution is 6.56. The van der Waals surface area contributed by atoms with Crippen LogP contribution < -0.4 is 10.1 Å². The molecule has 0 aliphatic carbocycles. The third-order valence-electron chi connectivity index (χ3n) is 8.13. The third-order valence-corrected chi connectivity index (χ3v) is 8.13. The van der Waals surface area contributed by atoms with E-state index in [4.69, 9.17) is 18.8 Å². The summed E-state index contributed by atoms with van der Waals surface area (Å²) >= 11 is 0. The molecule has 1 fully saturated rings. The number of carbonyl (C=O) groups is 3. The summed E-state index contributed by atoms with van der Waals surface area (Å²) in [5.74, 6) is 0.357. The van der Waals surface area contributed by atoms with E-state index in [9.17, 15) is 19.5 Å². The van der Waals surface area contributed by atoms with Gasteiger partial charge in [0, 0.05) is 32.4 Å². The molecule has 0 radical (unpaired) electrons. The van der Waals surface area contributed by atoms with Crippen molar-refractivity contribution >= 4 is 36.5 Å². The van der Waals surface area contributed by atoms with Crippen LogP contribution in [-0.2, 0) is 18.8 Å². The number of ether oxygens (including phenoxy) is 2. The molecule has 3 rings (SSSR count). The molecule has 3 amide bonds. The maximum absolute atomic E-state index is 12.4. The molecule has 1 aliphatic rings. The van der Waals surface area contributed by atoms with Crippen molar-refractivity contribution in [3.63, 3.8) is 0 Å². The number of nitrogens with one attached hydrogen (secondary N) is 1. The Hall–Kier alpha value is -4.29. The van der Waals surface area contributed by atoms with Gasteiger partial charge >= 0.3 is 19.3 Å². The zero-order valence-corrected chi connectivity index (χ0v) is 29.9. The molecular formula is C36H50BN3O8. The number of benzene rings is 2. The fourth-order valence-electron chi connectivity index (χ4n) is 4.81. The summed E-state index contributed by atoms with van der Waals surface area (Å²) < 4.78 is 24.3. The molecule has 1 heterocycles. The lowest BCUT2D eigenvalue weighted by Gasteiger charge is -2.32. The van der Waals surface area contributed by atoms with Crippen LogP contribution in [0.2, 0.25) is 0 Å². The van der Waals surface area contributed by atoms with E-state index < -0.39 is 36.1 Å². The van der Waals surface area contributed by atoms with Crippen molar-refractivity contribution in [3.8, 4) is 5.75 Å². The lowest BCUT2D eigenvalue weighted by atomic mass is 9.71. The summed E-state index contributed by atoms with van der Waals surface area (Å²) in [4.78, 5) is 38.4. The molecule has 0 aromatic heterocycles. The molecule has 11 nitrogen and oxygen atoms in total. The van der Waals surface area contributed by atoms with Crippen molar-refractivity contribution in [3.05, 3.63) is 77.3 Å². The molecule has 260 valence electrons. The van der Waals surface area contributed by atoms with Crippen molar-refractivity contribution in [2.24, 2.45) is 0 Å². The van der Waals surface area contributed by atoms with Crippen molar-refractivity contribution in [1.29, 1.82) is 0 Å². The standard InChI is InChI=1S/C36H50BN3O8/c1-11-29(37-47-35(5,6)36(7,8)48-37)31(25-14-18-27(19-15-25)38-32(42)46-34(2,3)4)26-16-20-28(21-17-26)45-24-23-40(33(43)44)22-12-13-30(41)39(9)10/h12-21H,11,22-24H2,1-10H3,(H,38,42)(H,43,44). The van der Waals surface area contributed by atoms with Gasteiger partial charge in [-0.2, -0.15) is 0 Å². The van der Waals surface area contributed by atoms with Crippen LogP contribution in [0.5, 0.6) is 5.75 Å². The van der Waals surface area contributed by atoms with Gasteiger partial charge in [-0.15, -0.1) is 0 Å². The maximum Gasteiger partial charge on any atom is 0.491 e. The number of carbonyl (C=O) groups excluding carboxylic acids is 2. The van der Waals surface area contributed by atoms with E-state index in [0.717, 1.165) is 22.2 Å². The summed E-state index contributed by atoms with van der Waals surface area (Å²) in [5, 5.41) is 12.4. The fourth-order valence-corrected chi connectivity index (χ4v) is 4.81. The first-order valence-corrected chi connectivity index (χ1v) is 16.1. The van der Waals surface area contributed by atoms with Crippen LogP contribution in [-0.4, -0.2) is 90.7 Å². The van der Waals surface area contributed by atoms with Crippen molar-refractivity contribution in [2.75, 3.05) is 39.1 Å². The molecule has 0 atom stereocenters. The molecule has 0 unspecified atom stereocenters. The summed E-state index contributed by atoms with van der Waals surface area (Å²) in [7, 11) is 2.68. The van der Waals surface area contributed by atoms with E-state index in [1.54, 1.807) is 14.1 Å². The Bertz CT molecular complexity index is 1480. The first-order valence-electron chi connectivity index (χ1n) is 16.1. The van der Waals surface area contributed by atoms with Gasteiger partial charge in [-0.1, -0.05) is 37.3 Å². The van der Waals surface area contributed by atoms with Gasteiger partial charge in [-0.3, -0.25) is 10.1 Å². The molecule has 12 heteroatoms. The second-order valence-electron chi connectivity index (χ2n) is 13.8. The van der Waals surface area contributed by atoms with E-state index in [0.29, 0.717) is 17.9 Å². The Balaban J connectivity index is 1.86. The SMILES string of the molecule is CCC(B1OC(C)(C)C(C)(C)O1)=C(c1ccc(NC(=O)OC(C)(C)C)cc1)c1ccc(OCCN(CC=CC(=O)N(C)C)C(=O)O)cc1. The van der Waals surface area contributed by atoms with E-state index in [1.807, 2.05) is 97.0 Å². The number of likely N-dealkylation sites (N-methyl/N-ethyl adjacent to an activating group) is 1. The summed E-state index contributed by atoms with van der Waals surface area (Å²) in [6.07, 6.45) is 1.88. The smallest absolute Gasteiger partial charge is 0.491 e. The van der Waals surface area contributed by atoms with Crippen molar-refractivity contribution in [2.45, 2.75) is 78.6 Å². The van der Waals surface area contributed by atoms with Gasteiger partial charge in [-0.25, -0.2) is 9.59 Å². The Morgan fingerprint density at radius 1 is 0.938 bits per heavy atom. The van der Waals surface area contributed by atoms with Crippen LogP contribution in [0.1, 0.15) is 72.9 Å². The second kappa shape index (κ2) is 15.7. The molecule has 2 N–H and O–H groups in total. The molecular weight excluding hydrogens is 613 g/mol. The van der Waals surface area contributed by atoms with Crippen LogP contribution in [0, 0.1) is 0 Å². The number of nitrogens with zero attached hydrogens (tertiary/aromatic N) is 2. The van der Waals surface area contributed by atoms with E-state index in [1.165, 1.54) is 22.0 Å². The van der Waals surface area contributed by atoms with Gasteiger partial charge in [0.25, 0.3) is 0 Å². The number of carboxylic acid groups (broad SMARTS) is 1. The van der Waals surface area contributed by atoms with Crippen molar-refractivity contribution in [1.82, 2.24) is 9.80 Å². The van der Waals surface area contributed by atoms with Gasteiger partial charge in [-0.05, 0) is 101 Å². The monoisotopic (exact) mass is 663 g/mol. The van der Waals surface area contributed by atoms with Gasteiger partial charge in [0.05, 0.1) is 17.7 Å². The molecule has 1 saturated heterocycles. The predicted molar refractivity (Wildman–Crippen MR) is 188 cm³/mol. The molecule has 0 saturated carbocycles. The molecule has 2 aromatic carbocycles. The van der Waals surface area contributed by atoms with Crippen LogP contribution in [0.25, 0.3) is 5.57 Å². The zero-order chi connectivity index (χ0) is 35.9. The minimum atomic E-state index is -1.10. The summed E-state index contributed by atoms with van der Waals surface area (Å²) in [6.45, 7) is 15.9. The molecule has 48 heavy (non-hydrogen) atoms. The second-order valence-corrected chi connectivity index (χ2v) is 13.8. The third kappa shape index (κ3) is 10.4. The highest BCUT2D eigenvalue weighted by atomic mass is 16.7.